The molecule has 0 aromatic heterocycles. The number of allylic oxidation sites excluding steroid dienone is 2. The first-order chi connectivity index (χ1) is 14.1. The van der Waals surface area contributed by atoms with Crippen LogP contribution in [-0.2, 0) is 23.9 Å². The van der Waals surface area contributed by atoms with Crippen molar-refractivity contribution in [3.05, 3.63) is 12.2 Å². The fourth-order valence-corrected chi connectivity index (χ4v) is 3.01. The van der Waals surface area contributed by atoms with Crippen LogP contribution in [-0.4, -0.2) is 24.5 Å². The summed E-state index contributed by atoms with van der Waals surface area (Å²) >= 11 is 0. The van der Waals surface area contributed by atoms with Gasteiger partial charge in [0.25, 0.3) is 0 Å². The molecule has 1 aliphatic heterocycles. The standard InChI is InChI=1S/C20H38O2.C4H4O3/c1-3-5-6-7-8-9-10-11-12-13-14-15-16-17-18-19-20(21)22-4-2;5-3-1-2-4(6)7-3/h11-12H,3-10,13-19H2,1-2H3;1-2H2/b12-11-;. The quantitative estimate of drug-likeness (QED) is 0.127. The van der Waals surface area contributed by atoms with Crippen molar-refractivity contribution >= 4 is 17.9 Å². The molecule has 1 saturated heterocycles. The van der Waals surface area contributed by atoms with Crippen molar-refractivity contribution in [3.8, 4) is 0 Å². The van der Waals surface area contributed by atoms with Gasteiger partial charge in [0, 0.05) is 6.42 Å². The van der Waals surface area contributed by atoms with Gasteiger partial charge >= 0.3 is 17.9 Å². The van der Waals surface area contributed by atoms with E-state index in [9.17, 15) is 14.4 Å². The Bertz CT molecular complexity index is 442. The van der Waals surface area contributed by atoms with Crippen molar-refractivity contribution in [1.29, 1.82) is 0 Å². The predicted molar refractivity (Wildman–Crippen MR) is 116 cm³/mol. The maximum atomic E-state index is 11.1. The van der Waals surface area contributed by atoms with Gasteiger partial charge in [-0.1, -0.05) is 70.4 Å². The van der Waals surface area contributed by atoms with Crippen molar-refractivity contribution in [1.82, 2.24) is 0 Å². The highest BCUT2D eigenvalue weighted by Gasteiger charge is 2.19. The van der Waals surface area contributed by atoms with Crippen LogP contribution in [0.15, 0.2) is 12.2 Å². The molecule has 29 heavy (non-hydrogen) atoms. The second-order valence-corrected chi connectivity index (χ2v) is 7.49. The Morgan fingerprint density at radius 2 is 1.28 bits per heavy atom. The van der Waals surface area contributed by atoms with Crippen molar-refractivity contribution in [2.24, 2.45) is 0 Å². The molecule has 0 spiro atoms. The summed E-state index contributed by atoms with van der Waals surface area (Å²) in [5.74, 6) is -0.838. The minimum absolute atomic E-state index is 0.0415. The first-order valence-electron chi connectivity index (χ1n) is 11.6. The molecule has 1 heterocycles. The molecule has 0 aliphatic carbocycles. The van der Waals surface area contributed by atoms with Gasteiger partial charge in [0.05, 0.1) is 19.4 Å². The number of carbonyl (C=O) groups is 3. The Labute approximate surface area is 177 Å². The Balaban J connectivity index is 0.000000929. The minimum atomic E-state index is -0.398. The Morgan fingerprint density at radius 1 is 0.793 bits per heavy atom. The van der Waals surface area contributed by atoms with Crippen LogP contribution < -0.4 is 0 Å². The molecular weight excluding hydrogens is 368 g/mol. The van der Waals surface area contributed by atoms with E-state index in [1.807, 2.05) is 6.92 Å². The van der Waals surface area contributed by atoms with Gasteiger partial charge in [-0.05, 0) is 39.0 Å². The Kier molecular flexibility index (Phi) is 19.9. The lowest BCUT2D eigenvalue weighted by Crippen LogP contribution is -2.03. The zero-order valence-corrected chi connectivity index (χ0v) is 18.7. The topological polar surface area (TPSA) is 69.7 Å². The van der Waals surface area contributed by atoms with Gasteiger partial charge in [-0.2, -0.15) is 0 Å². The molecule has 0 bridgehead atoms. The van der Waals surface area contributed by atoms with Gasteiger partial charge in [0.2, 0.25) is 0 Å². The van der Waals surface area contributed by atoms with Crippen LogP contribution in [0, 0.1) is 0 Å². The predicted octanol–water partition coefficient (Wildman–Crippen LogP) is 6.44. The van der Waals surface area contributed by atoms with Crippen molar-refractivity contribution in [2.75, 3.05) is 6.61 Å². The molecule has 0 radical (unpaired) electrons. The van der Waals surface area contributed by atoms with E-state index in [0.717, 1.165) is 12.8 Å². The number of unbranched alkanes of at least 4 members (excludes halogenated alkanes) is 11. The first-order valence-corrected chi connectivity index (χ1v) is 11.6. The summed E-state index contributed by atoms with van der Waals surface area (Å²) in [5, 5.41) is 0. The lowest BCUT2D eigenvalue weighted by Gasteiger charge is -2.01. The summed E-state index contributed by atoms with van der Waals surface area (Å²) in [6.45, 7) is 4.63. The van der Waals surface area contributed by atoms with Gasteiger partial charge in [-0.15, -0.1) is 0 Å². The molecule has 0 atom stereocenters. The van der Waals surface area contributed by atoms with Crippen LogP contribution in [0.5, 0.6) is 0 Å². The number of cyclic esters (lactones) is 2. The second kappa shape index (κ2) is 21.1. The number of esters is 3. The summed E-state index contributed by atoms with van der Waals surface area (Å²) in [7, 11) is 0. The van der Waals surface area contributed by atoms with Crippen LogP contribution >= 0.6 is 0 Å². The zero-order chi connectivity index (χ0) is 21.6. The molecule has 168 valence electrons. The van der Waals surface area contributed by atoms with E-state index in [2.05, 4.69) is 23.8 Å². The SMILES string of the molecule is CCCCCCCC/C=C\CCCCCCCC(=O)OCC.O=C1CCC(=O)O1. The fourth-order valence-electron chi connectivity index (χ4n) is 3.01. The molecule has 5 heteroatoms. The molecule has 0 saturated carbocycles. The smallest absolute Gasteiger partial charge is 0.314 e. The zero-order valence-electron chi connectivity index (χ0n) is 18.7. The Hall–Kier alpha value is -1.65. The minimum Gasteiger partial charge on any atom is -0.466 e. The number of hydrogen-bond acceptors (Lipinski definition) is 5. The molecular formula is C24H42O5. The summed E-state index contributed by atoms with van der Waals surface area (Å²) in [4.78, 5) is 31.2. The number of rotatable bonds is 16. The summed E-state index contributed by atoms with van der Waals surface area (Å²) in [6.07, 6.45) is 22.5. The van der Waals surface area contributed by atoms with E-state index >= 15 is 0 Å². The average Bonchev–Trinajstić information content (AvgIpc) is 3.08. The first kappa shape index (κ1) is 27.4. The van der Waals surface area contributed by atoms with E-state index < -0.39 is 11.9 Å². The number of hydrogen-bond donors (Lipinski definition) is 0. The molecule has 1 rings (SSSR count). The van der Waals surface area contributed by atoms with Crippen LogP contribution in [0.2, 0.25) is 0 Å². The molecule has 0 N–H and O–H groups in total. The van der Waals surface area contributed by atoms with E-state index in [1.54, 1.807) is 0 Å². The summed E-state index contributed by atoms with van der Waals surface area (Å²) in [6, 6.07) is 0. The van der Waals surface area contributed by atoms with Gasteiger partial charge in [0.15, 0.2) is 0 Å². The molecule has 0 aromatic rings. The second-order valence-electron chi connectivity index (χ2n) is 7.49. The molecule has 0 amide bonds. The number of ether oxygens (including phenoxy) is 2. The van der Waals surface area contributed by atoms with Crippen LogP contribution in [0.1, 0.15) is 117 Å². The van der Waals surface area contributed by atoms with Gasteiger partial charge in [-0.25, -0.2) is 0 Å². The van der Waals surface area contributed by atoms with E-state index in [1.165, 1.54) is 70.6 Å². The van der Waals surface area contributed by atoms with Crippen LogP contribution in [0.4, 0.5) is 0 Å². The van der Waals surface area contributed by atoms with Gasteiger partial charge in [-0.3, -0.25) is 14.4 Å². The van der Waals surface area contributed by atoms with Gasteiger partial charge in [0.1, 0.15) is 0 Å². The van der Waals surface area contributed by atoms with Crippen LogP contribution in [0.25, 0.3) is 0 Å². The third-order valence-electron chi connectivity index (χ3n) is 4.71. The average molecular weight is 411 g/mol. The molecule has 1 aliphatic rings. The maximum absolute atomic E-state index is 11.1. The summed E-state index contributed by atoms with van der Waals surface area (Å²) < 4.78 is 9.00. The Morgan fingerprint density at radius 3 is 1.72 bits per heavy atom. The monoisotopic (exact) mass is 410 g/mol. The summed E-state index contributed by atoms with van der Waals surface area (Å²) in [5.41, 5.74) is 0. The van der Waals surface area contributed by atoms with E-state index in [4.69, 9.17) is 4.74 Å². The highest BCUT2D eigenvalue weighted by molar-refractivity contribution is 5.92. The van der Waals surface area contributed by atoms with E-state index in [-0.39, 0.29) is 18.8 Å². The third-order valence-corrected chi connectivity index (χ3v) is 4.71. The molecule has 0 unspecified atom stereocenters. The highest BCUT2D eigenvalue weighted by Crippen LogP contribution is 2.10. The molecule has 1 fully saturated rings. The van der Waals surface area contributed by atoms with Gasteiger partial charge < -0.3 is 9.47 Å². The van der Waals surface area contributed by atoms with E-state index in [0.29, 0.717) is 13.0 Å². The third kappa shape index (κ3) is 20.9. The molecule has 0 aromatic carbocycles. The fraction of sp³-hybridized carbons (Fsp3) is 0.792. The van der Waals surface area contributed by atoms with Crippen molar-refractivity contribution < 1.29 is 23.9 Å². The lowest BCUT2D eigenvalue weighted by molar-refractivity contribution is -0.152. The van der Waals surface area contributed by atoms with Crippen molar-refractivity contribution in [3.63, 3.8) is 0 Å². The maximum Gasteiger partial charge on any atom is 0.314 e. The normalized spacial score (nSPS) is 13.3. The molecule has 5 nitrogen and oxygen atoms in total. The van der Waals surface area contributed by atoms with Crippen LogP contribution in [0.3, 0.4) is 0 Å². The van der Waals surface area contributed by atoms with Crippen molar-refractivity contribution in [2.45, 2.75) is 117 Å². The lowest BCUT2D eigenvalue weighted by atomic mass is 10.1. The largest absolute Gasteiger partial charge is 0.466 e. The highest BCUT2D eigenvalue weighted by atomic mass is 16.6. The number of carbonyl (C=O) groups excluding carboxylic acids is 3.